The average molecular weight is 349 g/mol. The molecule has 0 spiro atoms. The van der Waals surface area contributed by atoms with E-state index in [-0.39, 0.29) is 17.6 Å². The van der Waals surface area contributed by atoms with Crippen molar-refractivity contribution in [3.63, 3.8) is 0 Å². The van der Waals surface area contributed by atoms with Crippen LogP contribution in [-0.2, 0) is 4.79 Å². The van der Waals surface area contributed by atoms with Crippen LogP contribution in [0.3, 0.4) is 0 Å². The highest BCUT2D eigenvalue weighted by molar-refractivity contribution is 7.99. The highest BCUT2D eigenvalue weighted by atomic mass is 32.2. The number of thioether (sulfide) groups is 1. The number of hydrogen-bond donors (Lipinski definition) is 3. The maximum absolute atomic E-state index is 11.7. The lowest BCUT2D eigenvalue weighted by atomic mass is 10.1. The quantitative estimate of drug-likeness (QED) is 0.497. The molecule has 8 heteroatoms. The molecule has 130 valence electrons. The number of aromatic nitrogens is 3. The lowest BCUT2D eigenvalue weighted by Gasteiger charge is -2.12. The van der Waals surface area contributed by atoms with Gasteiger partial charge in [0.15, 0.2) is 0 Å². The zero-order valence-electron chi connectivity index (χ0n) is 14.2. The number of carbonyl (C=O) groups excluding carboxylic acids is 1. The van der Waals surface area contributed by atoms with Gasteiger partial charge in [0, 0.05) is 6.54 Å². The van der Waals surface area contributed by atoms with Crippen molar-refractivity contribution in [2.75, 3.05) is 24.6 Å². The Balaban J connectivity index is 1.63. The molecule has 0 saturated carbocycles. The van der Waals surface area contributed by atoms with Crippen molar-refractivity contribution >= 4 is 23.6 Å². The van der Waals surface area contributed by atoms with Crippen molar-refractivity contribution in [2.24, 2.45) is 0 Å². The summed E-state index contributed by atoms with van der Waals surface area (Å²) in [7, 11) is 0. The molecule has 2 rings (SSSR count). The molecule has 4 N–H and O–H groups in total. The molecule has 0 saturated heterocycles. The van der Waals surface area contributed by atoms with Gasteiger partial charge in [-0.1, -0.05) is 17.8 Å². The van der Waals surface area contributed by atoms with Crippen molar-refractivity contribution in [3.8, 4) is 5.75 Å². The first-order valence-electron chi connectivity index (χ1n) is 7.73. The van der Waals surface area contributed by atoms with Crippen molar-refractivity contribution in [1.29, 1.82) is 0 Å². The van der Waals surface area contributed by atoms with Crippen LogP contribution in [0.1, 0.15) is 23.1 Å². The topological polar surface area (TPSA) is 106 Å². The fraction of sp³-hybridized carbons (Fsp3) is 0.438. The lowest BCUT2D eigenvalue weighted by Crippen LogP contribution is -2.27. The van der Waals surface area contributed by atoms with E-state index < -0.39 is 0 Å². The second-order valence-corrected chi connectivity index (χ2v) is 6.49. The zero-order chi connectivity index (χ0) is 17.5. The van der Waals surface area contributed by atoms with Crippen molar-refractivity contribution < 1.29 is 9.53 Å². The minimum absolute atomic E-state index is 0.0639. The standard InChI is InChI=1S/C16H23N5O2S/c1-10-7-11(2)12(3)13(8-10)23-6-4-5-18-14(22)9-24-16-19-15(17)20-21-16/h7-8H,4-6,9H2,1-3H3,(H,18,22)(H3,17,19,20,21). The first-order valence-corrected chi connectivity index (χ1v) is 8.72. The molecular formula is C16H23N5O2S. The second kappa shape index (κ2) is 8.58. The minimum Gasteiger partial charge on any atom is -0.493 e. The summed E-state index contributed by atoms with van der Waals surface area (Å²) in [6.07, 6.45) is 0.746. The number of H-pyrrole nitrogens is 1. The van der Waals surface area contributed by atoms with E-state index in [0.717, 1.165) is 17.7 Å². The van der Waals surface area contributed by atoms with Crippen LogP contribution in [0, 0.1) is 20.8 Å². The number of amides is 1. The molecule has 1 aromatic carbocycles. The molecule has 2 aromatic rings. The lowest BCUT2D eigenvalue weighted by molar-refractivity contribution is -0.118. The Morgan fingerprint density at radius 2 is 2.17 bits per heavy atom. The van der Waals surface area contributed by atoms with Crippen LogP contribution in [0.25, 0.3) is 0 Å². The van der Waals surface area contributed by atoms with Gasteiger partial charge in [-0.25, -0.2) is 5.10 Å². The number of aromatic amines is 1. The molecule has 1 aromatic heterocycles. The fourth-order valence-electron chi connectivity index (χ4n) is 2.14. The minimum atomic E-state index is -0.0639. The number of rotatable bonds is 8. The second-order valence-electron chi connectivity index (χ2n) is 5.55. The molecule has 1 amide bonds. The summed E-state index contributed by atoms with van der Waals surface area (Å²) in [5.41, 5.74) is 8.99. The highest BCUT2D eigenvalue weighted by Gasteiger charge is 2.07. The Labute approximate surface area is 145 Å². The number of nitrogens with two attached hydrogens (primary N) is 1. The number of nitrogens with zero attached hydrogens (tertiary/aromatic N) is 2. The van der Waals surface area contributed by atoms with Gasteiger partial charge >= 0.3 is 0 Å². The highest BCUT2D eigenvalue weighted by Crippen LogP contribution is 2.23. The molecule has 0 unspecified atom stereocenters. The summed E-state index contributed by atoms with van der Waals surface area (Å²) in [4.78, 5) is 15.7. The van der Waals surface area contributed by atoms with Crippen LogP contribution < -0.4 is 15.8 Å². The molecule has 1 heterocycles. The molecule has 0 aliphatic heterocycles. The molecule has 0 bridgehead atoms. The molecule has 24 heavy (non-hydrogen) atoms. The van der Waals surface area contributed by atoms with Crippen LogP contribution in [0.5, 0.6) is 5.75 Å². The largest absolute Gasteiger partial charge is 0.493 e. The summed E-state index contributed by atoms with van der Waals surface area (Å²) < 4.78 is 5.82. The Bertz CT molecular complexity index is 702. The summed E-state index contributed by atoms with van der Waals surface area (Å²) in [5.74, 6) is 1.35. The summed E-state index contributed by atoms with van der Waals surface area (Å²) in [6.45, 7) is 7.32. The molecule has 0 atom stereocenters. The third kappa shape index (κ3) is 5.45. The normalized spacial score (nSPS) is 10.6. The third-order valence-corrected chi connectivity index (χ3v) is 4.33. The van der Waals surface area contributed by atoms with Gasteiger partial charge < -0.3 is 15.8 Å². The van der Waals surface area contributed by atoms with Gasteiger partial charge in [0.25, 0.3) is 0 Å². The van der Waals surface area contributed by atoms with Gasteiger partial charge in [-0.15, -0.1) is 5.10 Å². The van der Waals surface area contributed by atoms with E-state index in [4.69, 9.17) is 10.5 Å². The van der Waals surface area contributed by atoms with E-state index in [2.05, 4.69) is 47.3 Å². The smallest absolute Gasteiger partial charge is 0.230 e. The number of benzene rings is 1. The Kier molecular flexibility index (Phi) is 6.48. The van der Waals surface area contributed by atoms with Gasteiger partial charge in [0.05, 0.1) is 12.4 Å². The molecule has 0 aliphatic rings. The van der Waals surface area contributed by atoms with Gasteiger partial charge in [-0.05, 0) is 49.9 Å². The molecule has 0 radical (unpaired) electrons. The van der Waals surface area contributed by atoms with Gasteiger partial charge in [-0.3, -0.25) is 4.79 Å². The first kappa shape index (κ1) is 18.1. The first-order chi connectivity index (χ1) is 11.5. The fourth-order valence-corrected chi connectivity index (χ4v) is 2.77. The average Bonchev–Trinajstić information content (AvgIpc) is 2.95. The van der Waals surface area contributed by atoms with E-state index in [0.29, 0.717) is 18.3 Å². The van der Waals surface area contributed by atoms with Gasteiger partial charge in [0.2, 0.25) is 17.0 Å². The SMILES string of the molecule is Cc1cc(C)c(C)c(OCCCNC(=O)CSc2n[nH]c(N)n2)c1. The molecule has 0 fully saturated rings. The number of aryl methyl sites for hydroxylation is 2. The number of nitrogen functional groups attached to an aromatic ring is 1. The van der Waals surface area contributed by atoms with Crippen LogP contribution in [0.4, 0.5) is 5.95 Å². The van der Waals surface area contributed by atoms with Crippen LogP contribution in [0.2, 0.25) is 0 Å². The van der Waals surface area contributed by atoms with Crippen molar-refractivity contribution in [2.45, 2.75) is 32.3 Å². The number of ether oxygens (including phenoxy) is 1. The van der Waals surface area contributed by atoms with Crippen LogP contribution in [-0.4, -0.2) is 40.0 Å². The van der Waals surface area contributed by atoms with Crippen LogP contribution >= 0.6 is 11.8 Å². The van der Waals surface area contributed by atoms with E-state index in [9.17, 15) is 4.79 Å². The number of hydrogen-bond acceptors (Lipinski definition) is 6. The number of carbonyl (C=O) groups is 1. The monoisotopic (exact) mass is 349 g/mol. The van der Waals surface area contributed by atoms with Gasteiger partial charge in [-0.2, -0.15) is 4.98 Å². The van der Waals surface area contributed by atoms with Crippen molar-refractivity contribution in [1.82, 2.24) is 20.5 Å². The zero-order valence-corrected chi connectivity index (χ0v) is 15.0. The van der Waals surface area contributed by atoms with E-state index >= 15 is 0 Å². The van der Waals surface area contributed by atoms with E-state index in [1.807, 2.05) is 6.07 Å². The summed E-state index contributed by atoms with van der Waals surface area (Å²) in [5, 5.41) is 9.70. The maximum atomic E-state index is 11.7. The van der Waals surface area contributed by atoms with Gasteiger partial charge in [0.1, 0.15) is 5.75 Å². The predicted molar refractivity (Wildman–Crippen MR) is 95.3 cm³/mol. The number of anilines is 1. The van der Waals surface area contributed by atoms with E-state index in [1.54, 1.807) is 0 Å². The molecule has 7 nitrogen and oxygen atoms in total. The third-order valence-electron chi connectivity index (χ3n) is 3.48. The number of nitrogens with one attached hydrogen (secondary N) is 2. The maximum Gasteiger partial charge on any atom is 0.230 e. The Morgan fingerprint density at radius 3 is 2.88 bits per heavy atom. The van der Waals surface area contributed by atoms with E-state index in [1.165, 1.54) is 22.9 Å². The molecular weight excluding hydrogens is 326 g/mol. The predicted octanol–water partition coefficient (Wildman–Crippen LogP) is 1.99. The van der Waals surface area contributed by atoms with Crippen LogP contribution in [0.15, 0.2) is 17.3 Å². The summed E-state index contributed by atoms with van der Waals surface area (Å²) >= 11 is 1.24. The Morgan fingerprint density at radius 1 is 1.38 bits per heavy atom. The molecule has 0 aliphatic carbocycles. The Hall–Kier alpha value is -2.22. The summed E-state index contributed by atoms with van der Waals surface area (Å²) in [6, 6.07) is 4.18. The van der Waals surface area contributed by atoms with Crippen molar-refractivity contribution in [3.05, 3.63) is 28.8 Å².